The SMILES string of the molecule is CCOC(=O)c1cnn(-c2nc(OC)c3c(cnn3CCC3Cc4ccccc4C3)n2)c1. The maximum absolute atomic E-state index is 11.9. The van der Waals surface area contributed by atoms with E-state index < -0.39 is 5.97 Å². The van der Waals surface area contributed by atoms with Gasteiger partial charge in [0.05, 0.1) is 31.7 Å². The van der Waals surface area contributed by atoms with Gasteiger partial charge in [-0.15, -0.1) is 0 Å². The topological polar surface area (TPSA) is 97.0 Å². The van der Waals surface area contributed by atoms with Crippen molar-refractivity contribution in [2.24, 2.45) is 5.92 Å². The molecule has 0 N–H and O–H groups in total. The van der Waals surface area contributed by atoms with Gasteiger partial charge in [0.15, 0.2) is 0 Å². The number of benzene rings is 1. The number of carbonyl (C=O) groups is 1. The van der Waals surface area contributed by atoms with Gasteiger partial charge in [-0.25, -0.2) is 14.5 Å². The Balaban J connectivity index is 1.37. The van der Waals surface area contributed by atoms with Gasteiger partial charge in [0.2, 0.25) is 5.88 Å². The molecule has 1 aromatic carbocycles. The predicted molar refractivity (Wildman–Crippen MR) is 117 cm³/mol. The first kappa shape index (κ1) is 20.2. The number of fused-ring (bicyclic) bond motifs is 2. The molecule has 1 aliphatic rings. The minimum atomic E-state index is -0.436. The van der Waals surface area contributed by atoms with Crippen LogP contribution in [0.3, 0.4) is 0 Å². The summed E-state index contributed by atoms with van der Waals surface area (Å²) in [7, 11) is 1.57. The van der Waals surface area contributed by atoms with Gasteiger partial charge in [0, 0.05) is 12.7 Å². The largest absolute Gasteiger partial charge is 0.479 e. The fourth-order valence-corrected chi connectivity index (χ4v) is 4.28. The standard InChI is InChI=1S/C23H24N6O3/c1-3-32-22(30)18-12-24-29(14-18)23-26-19-13-25-28(20(19)21(27-23)31-2)9-8-15-10-16-6-4-5-7-17(16)11-15/h4-7,12-15H,3,8-11H2,1-2H3. The summed E-state index contributed by atoms with van der Waals surface area (Å²) < 4.78 is 13.9. The monoisotopic (exact) mass is 432 g/mol. The van der Waals surface area contributed by atoms with E-state index in [9.17, 15) is 4.79 Å². The van der Waals surface area contributed by atoms with Crippen LogP contribution < -0.4 is 4.74 Å². The number of methoxy groups -OCH3 is 1. The third-order valence-corrected chi connectivity index (χ3v) is 5.82. The fourth-order valence-electron chi connectivity index (χ4n) is 4.28. The molecule has 3 heterocycles. The number of aryl methyl sites for hydroxylation is 1. The molecule has 0 atom stereocenters. The lowest BCUT2D eigenvalue weighted by atomic mass is 10.0. The number of carbonyl (C=O) groups excluding carboxylic acids is 1. The molecule has 3 aromatic heterocycles. The Morgan fingerprint density at radius 2 is 1.91 bits per heavy atom. The number of hydrogen-bond donors (Lipinski definition) is 0. The smallest absolute Gasteiger partial charge is 0.341 e. The Hall–Kier alpha value is -3.75. The molecule has 0 saturated carbocycles. The van der Waals surface area contributed by atoms with Gasteiger partial charge in [-0.2, -0.15) is 15.2 Å². The van der Waals surface area contributed by atoms with Crippen LogP contribution in [0.2, 0.25) is 0 Å². The van der Waals surface area contributed by atoms with Crippen LogP contribution in [0, 0.1) is 5.92 Å². The zero-order chi connectivity index (χ0) is 22.1. The molecule has 4 aromatic rings. The van der Waals surface area contributed by atoms with Crippen molar-refractivity contribution >= 4 is 17.0 Å². The van der Waals surface area contributed by atoms with Crippen molar-refractivity contribution in [3.63, 3.8) is 0 Å². The zero-order valence-corrected chi connectivity index (χ0v) is 18.1. The predicted octanol–water partition coefficient (Wildman–Crippen LogP) is 3.00. The van der Waals surface area contributed by atoms with Crippen molar-refractivity contribution in [2.45, 2.75) is 32.7 Å². The molecular weight excluding hydrogens is 408 g/mol. The van der Waals surface area contributed by atoms with Crippen LogP contribution in [-0.4, -0.2) is 49.2 Å². The van der Waals surface area contributed by atoms with E-state index in [2.05, 4.69) is 44.4 Å². The molecule has 9 heteroatoms. The summed E-state index contributed by atoms with van der Waals surface area (Å²) >= 11 is 0. The average Bonchev–Trinajstić information content (AvgIpc) is 3.54. The number of nitrogens with zero attached hydrogens (tertiary/aromatic N) is 6. The van der Waals surface area contributed by atoms with Gasteiger partial charge in [-0.05, 0) is 43.2 Å². The Morgan fingerprint density at radius 1 is 1.12 bits per heavy atom. The highest BCUT2D eigenvalue weighted by Gasteiger charge is 2.22. The summed E-state index contributed by atoms with van der Waals surface area (Å²) in [6.45, 7) is 2.82. The summed E-state index contributed by atoms with van der Waals surface area (Å²) in [6, 6.07) is 8.66. The number of hydrogen-bond acceptors (Lipinski definition) is 7. The van der Waals surface area contributed by atoms with Crippen LogP contribution in [0.25, 0.3) is 17.0 Å². The van der Waals surface area contributed by atoms with Crippen LogP contribution in [0.5, 0.6) is 5.88 Å². The first-order valence-corrected chi connectivity index (χ1v) is 10.7. The fraction of sp³-hybridized carbons (Fsp3) is 0.348. The van der Waals surface area contributed by atoms with Gasteiger partial charge in [-0.3, -0.25) is 4.68 Å². The molecule has 9 nitrogen and oxygen atoms in total. The third-order valence-electron chi connectivity index (χ3n) is 5.82. The molecule has 0 radical (unpaired) electrons. The molecule has 0 saturated heterocycles. The molecule has 5 rings (SSSR count). The van der Waals surface area contributed by atoms with Crippen molar-refractivity contribution in [1.82, 2.24) is 29.5 Å². The summed E-state index contributed by atoms with van der Waals surface area (Å²) in [5.41, 5.74) is 4.66. The van der Waals surface area contributed by atoms with E-state index in [0.29, 0.717) is 35.4 Å². The first-order chi connectivity index (χ1) is 15.7. The van der Waals surface area contributed by atoms with Gasteiger partial charge in [0.25, 0.3) is 5.95 Å². The maximum atomic E-state index is 11.9. The van der Waals surface area contributed by atoms with E-state index >= 15 is 0 Å². The number of ether oxygens (including phenoxy) is 2. The van der Waals surface area contributed by atoms with Crippen LogP contribution in [0.4, 0.5) is 0 Å². The minimum absolute atomic E-state index is 0.298. The highest BCUT2D eigenvalue weighted by Crippen LogP contribution is 2.30. The summed E-state index contributed by atoms with van der Waals surface area (Å²) in [4.78, 5) is 21.0. The number of esters is 1. The van der Waals surface area contributed by atoms with Crippen molar-refractivity contribution in [3.8, 4) is 11.8 Å². The Labute approximate surface area is 185 Å². The molecular formula is C23H24N6O3. The van der Waals surface area contributed by atoms with Crippen LogP contribution >= 0.6 is 0 Å². The van der Waals surface area contributed by atoms with Gasteiger partial charge in [-0.1, -0.05) is 24.3 Å². The van der Waals surface area contributed by atoms with Crippen molar-refractivity contribution in [1.29, 1.82) is 0 Å². The van der Waals surface area contributed by atoms with Crippen molar-refractivity contribution in [3.05, 3.63) is 59.5 Å². The molecule has 0 bridgehead atoms. The van der Waals surface area contributed by atoms with Crippen LogP contribution in [0.15, 0.2) is 42.9 Å². The molecule has 0 amide bonds. The zero-order valence-electron chi connectivity index (χ0n) is 18.1. The minimum Gasteiger partial charge on any atom is -0.479 e. The third kappa shape index (κ3) is 3.70. The second-order valence-electron chi connectivity index (χ2n) is 7.86. The lowest BCUT2D eigenvalue weighted by Gasteiger charge is -2.11. The molecule has 164 valence electrons. The number of aromatic nitrogens is 6. The van der Waals surface area contributed by atoms with Gasteiger partial charge >= 0.3 is 5.97 Å². The molecule has 1 aliphatic carbocycles. The van der Waals surface area contributed by atoms with E-state index in [1.807, 2.05) is 4.68 Å². The normalized spacial score (nSPS) is 13.4. The summed E-state index contributed by atoms with van der Waals surface area (Å²) in [5, 5.41) is 8.73. The maximum Gasteiger partial charge on any atom is 0.341 e. The van der Waals surface area contributed by atoms with E-state index in [1.54, 1.807) is 26.4 Å². The summed E-state index contributed by atoms with van der Waals surface area (Å²) in [6.07, 6.45) is 7.91. The Bertz CT molecular complexity index is 1250. The van der Waals surface area contributed by atoms with Gasteiger partial charge < -0.3 is 9.47 Å². The highest BCUT2D eigenvalue weighted by molar-refractivity contribution is 5.88. The average molecular weight is 432 g/mol. The second-order valence-corrected chi connectivity index (χ2v) is 7.86. The van der Waals surface area contributed by atoms with Crippen molar-refractivity contribution in [2.75, 3.05) is 13.7 Å². The molecule has 0 aliphatic heterocycles. The highest BCUT2D eigenvalue weighted by atomic mass is 16.5. The molecule has 32 heavy (non-hydrogen) atoms. The van der Waals surface area contributed by atoms with Crippen LogP contribution in [-0.2, 0) is 24.1 Å². The summed E-state index contributed by atoms with van der Waals surface area (Å²) in [5.74, 6) is 0.887. The Morgan fingerprint density at radius 3 is 2.62 bits per heavy atom. The van der Waals surface area contributed by atoms with Crippen molar-refractivity contribution < 1.29 is 14.3 Å². The van der Waals surface area contributed by atoms with E-state index in [4.69, 9.17) is 9.47 Å². The molecule has 0 unspecified atom stereocenters. The van der Waals surface area contributed by atoms with E-state index in [0.717, 1.165) is 31.3 Å². The van der Waals surface area contributed by atoms with E-state index in [-0.39, 0.29) is 0 Å². The lowest BCUT2D eigenvalue weighted by Crippen LogP contribution is -2.09. The first-order valence-electron chi connectivity index (χ1n) is 10.7. The molecule has 0 fully saturated rings. The molecule has 0 spiro atoms. The quantitative estimate of drug-likeness (QED) is 0.414. The van der Waals surface area contributed by atoms with E-state index in [1.165, 1.54) is 22.0 Å². The van der Waals surface area contributed by atoms with Crippen LogP contribution in [0.1, 0.15) is 34.8 Å². The Kier molecular flexibility index (Phi) is 5.30. The van der Waals surface area contributed by atoms with Gasteiger partial charge in [0.1, 0.15) is 11.0 Å². The number of rotatable bonds is 7. The lowest BCUT2D eigenvalue weighted by molar-refractivity contribution is 0.0526. The second kappa shape index (κ2) is 8.41.